The van der Waals surface area contributed by atoms with Crippen LogP contribution in [0.4, 0.5) is 28.7 Å². The molecular weight excluding hydrogens is 608 g/mol. The lowest BCUT2D eigenvalue weighted by atomic mass is 10.0. The Labute approximate surface area is 283 Å². The van der Waals surface area contributed by atoms with Crippen molar-refractivity contribution in [3.8, 4) is 11.5 Å². The first-order valence-corrected chi connectivity index (χ1v) is 16.9. The summed E-state index contributed by atoms with van der Waals surface area (Å²) in [5.74, 6) is 2.35. The molecule has 0 radical (unpaired) electrons. The lowest BCUT2D eigenvalue weighted by Gasteiger charge is -2.44. The SMILES string of the molecule is C=CC(=O)Nc1cc(Nc2cc(N3OCC[C@@H]3c3cccc(OC)c3)ncn2)c(OC)cc1N1CCC(N2CCN(C(C)C)CC2)CC1. The molecule has 6 rings (SSSR count). The van der Waals surface area contributed by atoms with Crippen LogP contribution in [-0.2, 0) is 9.63 Å². The fourth-order valence-corrected chi connectivity index (χ4v) is 6.99. The van der Waals surface area contributed by atoms with Gasteiger partial charge < -0.3 is 25.0 Å². The van der Waals surface area contributed by atoms with Crippen LogP contribution in [0, 0.1) is 0 Å². The Kier molecular flexibility index (Phi) is 10.6. The second-order valence-corrected chi connectivity index (χ2v) is 12.8. The van der Waals surface area contributed by atoms with E-state index in [0.29, 0.717) is 47.5 Å². The van der Waals surface area contributed by atoms with Crippen LogP contribution in [-0.4, -0.2) is 97.9 Å². The molecule has 256 valence electrons. The number of piperazine rings is 1. The molecule has 3 fully saturated rings. The van der Waals surface area contributed by atoms with Gasteiger partial charge in [-0.05, 0) is 56.5 Å². The zero-order valence-electron chi connectivity index (χ0n) is 28.5. The highest BCUT2D eigenvalue weighted by atomic mass is 16.7. The first kappa shape index (κ1) is 33.5. The van der Waals surface area contributed by atoms with Gasteiger partial charge in [0.25, 0.3) is 0 Å². The van der Waals surface area contributed by atoms with E-state index in [2.05, 4.69) is 61.8 Å². The van der Waals surface area contributed by atoms with Crippen molar-refractivity contribution >= 4 is 34.6 Å². The summed E-state index contributed by atoms with van der Waals surface area (Å²) in [6.07, 6.45) is 5.75. The molecule has 3 aliphatic rings. The maximum atomic E-state index is 12.6. The lowest BCUT2D eigenvalue weighted by molar-refractivity contribution is -0.111. The number of carbonyl (C=O) groups excluding carboxylic acids is 1. The van der Waals surface area contributed by atoms with Gasteiger partial charge in [0.1, 0.15) is 23.6 Å². The van der Waals surface area contributed by atoms with Crippen LogP contribution in [0.25, 0.3) is 0 Å². The Morgan fingerprint density at radius 1 is 0.979 bits per heavy atom. The monoisotopic (exact) mass is 656 g/mol. The number of methoxy groups -OCH3 is 2. The van der Waals surface area contributed by atoms with E-state index in [-0.39, 0.29) is 11.9 Å². The number of nitrogens with one attached hydrogen (secondary N) is 2. The Morgan fingerprint density at radius 2 is 1.77 bits per heavy atom. The van der Waals surface area contributed by atoms with E-state index in [4.69, 9.17) is 14.3 Å². The number of aromatic nitrogens is 2. The van der Waals surface area contributed by atoms with Crippen molar-refractivity contribution < 1.29 is 19.1 Å². The molecule has 0 bridgehead atoms. The molecule has 0 unspecified atom stereocenters. The number of piperidine rings is 1. The largest absolute Gasteiger partial charge is 0.497 e. The highest BCUT2D eigenvalue weighted by Gasteiger charge is 2.31. The van der Waals surface area contributed by atoms with E-state index in [1.54, 1.807) is 14.2 Å². The average molecular weight is 657 g/mol. The third-order valence-corrected chi connectivity index (χ3v) is 9.69. The zero-order chi connectivity index (χ0) is 33.6. The van der Waals surface area contributed by atoms with Crippen LogP contribution in [0.2, 0.25) is 0 Å². The zero-order valence-corrected chi connectivity index (χ0v) is 28.5. The van der Waals surface area contributed by atoms with Crippen LogP contribution in [0.5, 0.6) is 11.5 Å². The Hall–Kier alpha value is -4.39. The minimum absolute atomic E-state index is 0.0221. The van der Waals surface area contributed by atoms with E-state index in [1.807, 2.05) is 41.5 Å². The molecule has 1 atom stereocenters. The molecule has 0 aliphatic carbocycles. The third kappa shape index (κ3) is 7.51. The highest BCUT2D eigenvalue weighted by Crippen LogP contribution is 2.41. The lowest BCUT2D eigenvalue weighted by Crippen LogP contribution is -2.54. The van der Waals surface area contributed by atoms with Crippen LogP contribution in [0.15, 0.2) is 61.4 Å². The molecule has 3 aliphatic heterocycles. The van der Waals surface area contributed by atoms with Crippen LogP contribution in [0.3, 0.4) is 0 Å². The van der Waals surface area contributed by atoms with Gasteiger partial charge in [-0.1, -0.05) is 18.7 Å². The number of ether oxygens (including phenoxy) is 2. The molecule has 2 aromatic carbocycles. The van der Waals surface area contributed by atoms with Crippen molar-refractivity contribution in [1.29, 1.82) is 0 Å². The summed E-state index contributed by atoms with van der Waals surface area (Å²) >= 11 is 0. The van der Waals surface area contributed by atoms with Gasteiger partial charge in [-0.2, -0.15) is 0 Å². The Morgan fingerprint density at radius 3 is 2.48 bits per heavy atom. The van der Waals surface area contributed by atoms with E-state index >= 15 is 0 Å². The molecule has 0 saturated carbocycles. The molecule has 1 aromatic heterocycles. The number of hydrogen-bond acceptors (Lipinski definition) is 11. The number of carbonyl (C=O) groups is 1. The summed E-state index contributed by atoms with van der Waals surface area (Å²) in [4.78, 5) is 35.2. The van der Waals surface area contributed by atoms with Crippen molar-refractivity contribution in [3.63, 3.8) is 0 Å². The number of hydroxylamine groups is 1. The number of benzene rings is 2. The summed E-state index contributed by atoms with van der Waals surface area (Å²) in [5.41, 5.74) is 3.35. The van der Waals surface area contributed by atoms with E-state index in [0.717, 1.165) is 75.5 Å². The predicted octanol–water partition coefficient (Wildman–Crippen LogP) is 5.24. The summed E-state index contributed by atoms with van der Waals surface area (Å²) in [6, 6.07) is 14.9. The van der Waals surface area contributed by atoms with Crippen LogP contribution >= 0.6 is 0 Å². The smallest absolute Gasteiger partial charge is 0.247 e. The van der Waals surface area contributed by atoms with Crippen LogP contribution in [0.1, 0.15) is 44.7 Å². The summed E-state index contributed by atoms with van der Waals surface area (Å²) in [5, 5.41) is 8.26. The number of amides is 1. The van der Waals surface area contributed by atoms with Crippen molar-refractivity contribution in [2.75, 3.05) is 80.7 Å². The first-order chi connectivity index (χ1) is 23.4. The topological polar surface area (TPSA) is 108 Å². The number of nitrogens with zero attached hydrogens (tertiary/aromatic N) is 6. The molecule has 1 amide bonds. The number of hydrogen-bond donors (Lipinski definition) is 2. The van der Waals surface area contributed by atoms with Gasteiger partial charge >= 0.3 is 0 Å². The first-order valence-electron chi connectivity index (χ1n) is 16.9. The normalized spacial score (nSPS) is 19.4. The van der Waals surface area contributed by atoms with Gasteiger partial charge in [0.15, 0.2) is 5.82 Å². The Balaban J connectivity index is 1.20. The van der Waals surface area contributed by atoms with Crippen molar-refractivity contribution in [2.24, 2.45) is 0 Å². The van der Waals surface area contributed by atoms with Crippen molar-refractivity contribution in [2.45, 2.75) is 51.2 Å². The van der Waals surface area contributed by atoms with Gasteiger partial charge in [0.05, 0.1) is 43.9 Å². The summed E-state index contributed by atoms with van der Waals surface area (Å²) < 4.78 is 11.3. The van der Waals surface area contributed by atoms with Gasteiger partial charge in [-0.25, -0.2) is 15.0 Å². The average Bonchev–Trinajstić information content (AvgIpc) is 3.62. The quantitative estimate of drug-likeness (QED) is 0.265. The molecule has 3 saturated heterocycles. The molecular formula is C36H48N8O4. The maximum absolute atomic E-state index is 12.6. The second kappa shape index (κ2) is 15.2. The minimum atomic E-state index is -0.274. The fourth-order valence-electron chi connectivity index (χ4n) is 6.99. The molecule has 3 aromatic rings. The molecule has 0 spiro atoms. The number of anilines is 5. The molecule has 4 heterocycles. The van der Waals surface area contributed by atoms with E-state index < -0.39 is 0 Å². The van der Waals surface area contributed by atoms with Crippen molar-refractivity contribution in [3.05, 3.63) is 67.0 Å². The fraction of sp³-hybridized carbons (Fsp3) is 0.472. The van der Waals surface area contributed by atoms with Crippen molar-refractivity contribution in [1.82, 2.24) is 19.8 Å². The van der Waals surface area contributed by atoms with Gasteiger partial charge in [0, 0.05) is 69.9 Å². The molecule has 48 heavy (non-hydrogen) atoms. The summed E-state index contributed by atoms with van der Waals surface area (Å²) in [6.45, 7) is 15.1. The number of rotatable bonds is 11. The Bertz CT molecular complexity index is 1570. The van der Waals surface area contributed by atoms with Gasteiger partial charge in [-0.15, -0.1) is 0 Å². The second-order valence-electron chi connectivity index (χ2n) is 12.8. The minimum Gasteiger partial charge on any atom is -0.497 e. The van der Waals surface area contributed by atoms with E-state index in [9.17, 15) is 4.79 Å². The molecule has 2 N–H and O–H groups in total. The highest BCUT2D eigenvalue weighted by molar-refractivity contribution is 6.02. The maximum Gasteiger partial charge on any atom is 0.247 e. The summed E-state index contributed by atoms with van der Waals surface area (Å²) in [7, 11) is 3.31. The molecule has 12 heteroatoms. The predicted molar refractivity (Wildman–Crippen MR) is 189 cm³/mol. The van der Waals surface area contributed by atoms with E-state index in [1.165, 1.54) is 12.4 Å². The molecule has 12 nitrogen and oxygen atoms in total. The van der Waals surface area contributed by atoms with Gasteiger partial charge in [0.2, 0.25) is 5.91 Å². The third-order valence-electron chi connectivity index (χ3n) is 9.69. The standard InChI is InChI=1S/C36H48N8O4/c1-6-36(45)40-29-21-30(33(47-5)22-32(29)43-13-10-27(11-14-43)42-17-15-41(16-18-42)25(2)3)39-34-23-35(38-24-37-34)44-31(12-19-48-44)26-8-7-9-28(20-26)46-4/h6-9,20-25,27,31H,1,10-19H2,2-5H3,(H,40,45)(H,37,38,39)/t31-/m1/s1. The van der Waals surface area contributed by atoms with Gasteiger partial charge in [-0.3, -0.25) is 19.4 Å². The van der Waals surface area contributed by atoms with Crippen LogP contribution < -0.4 is 30.1 Å².